The second kappa shape index (κ2) is 8.53. The average molecular weight is 431 g/mol. The Kier molecular flexibility index (Phi) is 6.00. The van der Waals surface area contributed by atoms with Crippen LogP contribution in [0.15, 0.2) is 23.0 Å². The summed E-state index contributed by atoms with van der Waals surface area (Å²) in [6, 6.07) is 5.81. The van der Waals surface area contributed by atoms with Crippen LogP contribution in [-0.2, 0) is 17.7 Å². The van der Waals surface area contributed by atoms with Crippen molar-refractivity contribution in [2.75, 3.05) is 26.4 Å². The molecule has 0 aliphatic carbocycles. The summed E-state index contributed by atoms with van der Waals surface area (Å²) in [4.78, 5) is 30.3. The molecule has 1 amide bonds. The molecule has 2 atom stereocenters. The number of aliphatic hydroxyl groups excluding tert-OH is 1. The van der Waals surface area contributed by atoms with Gasteiger partial charge in [0, 0.05) is 30.3 Å². The van der Waals surface area contributed by atoms with Crippen LogP contribution < -0.4 is 5.56 Å². The first-order valence-electron chi connectivity index (χ1n) is 10.4. The predicted octanol–water partition coefficient (Wildman–Crippen LogP) is 2.96. The number of aromatic amines is 1. The monoisotopic (exact) mass is 430 g/mol. The maximum Gasteiger partial charge on any atom is 0.255 e. The fraction of sp³-hybridized carbons (Fsp3) is 0.478. The Bertz CT molecular complexity index is 1030. The first-order valence-corrected chi connectivity index (χ1v) is 10.8. The molecule has 30 heavy (non-hydrogen) atoms. The van der Waals surface area contributed by atoms with Crippen molar-refractivity contribution >= 4 is 17.5 Å². The molecular formula is C23H27ClN2O4. The highest BCUT2D eigenvalue weighted by molar-refractivity contribution is 6.35. The second-order valence-electron chi connectivity index (χ2n) is 8.34. The minimum absolute atomic E-state index is 0.0393. The lowest BCUT2D eigenvalue weighted by molar-refractivity contribution is 0.0726. The number of aryl methyl sites for hydroxylation is 2. The normalized spacial score (nSPS) is 19.8. The Labute approximate surface area is 180 Å². The van der Waals surface area contributed by atoms with Crippen molar-refractivity contribution in [3.63, 3.8) is 0 Å². The number of pyridine rings is 1. The molecule has 4 rings (SSSR count). The summed E-state index contributed by atoms with van der Waals surface area (Å²) >= 11 is 6.76. The van der Waals surface area contributed by atoms with E-state index in [9.17, 15) is 14.7 Å². The van der Waals surface area contributed by atoms with Crippen LogP contribution >= 0.6 is 11.6 Å². The summed E-state index contributed by atoms with van der Waals surface area (Å²) in [7, 11) is 0. The minimum atomic E-state index is -0.165. The Morgan fingerprint density at radius 2 is 2.13 bits per heavy atom. The zero-order chi connectivity index (χ0) is 21.4. The molecule has 1 fully saturated rings. The number of nitrogens with zero attached hydrogens (tertiary/aromatic N) is 1. The largest absolute Gasteiger partial charge is 0.396 e. The van der Waals surface area contributed by atoms with E-state index in [2.05, 4.69) is 4.98 Å². The third kappa shape index (κ3) is 3.80. The molecule has 1 aromatic heterocycles. The van der Waals surface area contributed by atoms with Gasteiger partial charge in [-0.25, -0.2) is 0 Å². The fourth-order valence-electron chi connectivity index (χ4n) is 4.66. The number of amides is 1. The van der Waals surface area contributed by atoms with E-state index in [1.54, 1.807) is 4.90 Å². The van der Waals surface area contributed by atoms with Gasteiger partial charge < -0.3 is 19.7 Å². The first kappa shape index (κ1) is 21.1. The van der Waals surface area contributed by atoms with Crippen molar-refractivity contribution in [1.29, 1.82) is 0 Å². The molecule has 3 heterocycles. The summed E-state index contributed by atoms with van der Waals surface area (Å²) in [5.74, 6) is -0.133. The topological polar surface area (TPSA) is 82.6 Å². The molecule has 0 saturated carbocycles. The van der Waals surface area contributed by atoms with E-state index in [0.29, 0.717) is 42.3 Å². The second-order valence-corrected chi connectivity index (χ2v) is 8.71. The van der Waals surface area contributed by atoms with E-state index in [1.807, 2.05) is 32.0 Å². The van der Waals surface area contributed by atoms with Gasteiger partial charge in [0.25, 0.3) is 11.5 Å². The number of aliphatic hydroxyl groups is 1. The molecule has 160 valence electrons. The molecule has 0 spiro atoms. The van der Waals surface area contributed by atoms with Crippen LogP contribution in [0.25, 0.3) is 0 Å². The van der Waals surface area contributed by atoms with Crippen molar-refractivity contribution in [3.05, 3.63) is 67.1 Å². The summed E-state index contributed by atoms with van der Waals surface area (Å²) < 4.78 is 5.49. The number of hydrogen-bond donors (Lipinski definition) is 2. The number of fused-ring (bicyclic) bond motifs is 1. The molecule has 0 bridgehead atoms. The maximum atomic E-state index is 13.4. The van der Waals surface area contributed by atoms with Gasteiger partial charge in [-0.05, 0) is 55.4 Å². The number of hydrogen-bond acceptors (Lipinski definition) is 4. The highest BCUT2D eigenvalue weighted by Crippen LogP contribution is 2.38. The Morgan fingerprint density at radius 1 is 1.33 bits per heavy atom. The van der Waals surface area contributed by atoms with E-state index >= 15 is 0 Å². The van der Waals surface area contributed by atoms with E-state index in [0.717, 1.165) is 28.8 Å². The summed E-state index contributed by atoms with van der Waals surface area (Å²) in [6.45, 7) is 5.75. The van der Waals surface area contributed by atoms with Crippen molar-refractivity contribution in [2.45, 2.75) is 39.2 Å². The fourth-order valence-corrected chi connectivity index (χ4v) is 5.07. The van der Waals surface area contributed by atoms with E-state index in [1.165, 1.54) is 0 Å². The third-order valence-corrected chi connectivity index (χ3v) is 6.79. The number of H-pyrrole nitrogens is 1. The van der Waals surface area contributed by atoms with Gasteiger partial charge in [0.05, 0.1) is 30.3 Å². The number of ether oxygens (including phenoxy) is 1. The molecule has 2 aliphatic rings. The zero-order valence-corrected chi connectivity index (χ0v) is 18.1. The molecule has 1 aromatic carbocycles. The minimum Gasteiger partial charge on any atom is -0.396 e. The smallest absolute Gasteiger partial charge is 0.255 e. The quantitative estimate of drug-likeness (QED) is 0.764. The number of benzene rings is 1. The number of carbonyl (C=O) groups is 1. The summed E-state index contributed by atoms with van der Waals surface area (Å²) in [6.07, 6.45) is 1.55. The third-order valence-electron chi connectivity index (χ3n) is 6.38. The molecule has 0 unspecified atom stereocenters. The van der Waals surface area contributed by atoms with Crippen molar-refractivity contribution in [1.82, 2.24) is 9.88 Å². The van der Waals surface area contributed by atoms with Gasteiger partial charge in [-0.1, -0.05) is 23.7 Å². The lowest BCUT2D eigenvalue weighted by atomic mass is 9.83. The number of nitrogens with one attached hydrogen (secondary N) is 1. The lowest BCUT2D eigenvalue weighted by Gasteiger charge is -2.31. The molecule has 0 radical (unpaired) electrons. The molecule has 1 saturated heterocycles. The molecule has 7 heteroatoms. The van der Waals surface area contributed by atoms with Crippen LogP contribution in [0.2, 0.25) is 5.02 Å². The van der Waals surface area contributed by atoms with Crippen LogP contribution in [0.4, 0.5) is 0 Å². The van der Waals surface area contributed by atoms with Gasteiger partial charge in [0.1, 0.15) is 0 Å². The number of halogens is 1. The summed E-state index contributed by atoms with van der Waals surface area (Å²) in [5.41, 5.74) is 4.32. The van der Waals surface area contributed by atoms with Gasteiger partial charge in [0.15, 0.2) is 0 Å². The van der Waals surface area contributed by atoms with Crippen molar-refractivity contribution in [2.24, 2.45) is 5.92 Å². The molecule has 6 nitrogen and oxygen atoms in total. The number of carbonyl (C=O) groups excluding carboxylic acids is 1. The Hall–Kier alpha value is -2.15. The summed E-state index contributed by atoms with van der Waals surface area (Å²) in [5, 5.41) is 10.4. The van der Waals surface area contributed by atoms with E-state index in [-0.39, 0.29) is 36.5 Å². The molecule has 2 aliphatic heterocycles. The maximum absolute atomic E-state index is 13.4. The van der Waals surface area contributed by atoms with Crippen LogP contribution in [0.3, 0.4) is 0 Å². The van der Waals surface area contributed by atoms with Gasteiger partial charge in [-0.2, -0.15) is 0 Å². The number of aromatic nitrogens is 1. The lowest BCUT2D eigenvalue weighted by Crippen LogP contribution is -2.39. The number of rotatable bonds is 5. The Morgan fingerprint density at radius 3 is 2.80 bits per heavy atom. The first-order chi connectivity index (χ1) is 14.4. The van der Waals surface area contributed by atoms with Gasteiger partial charge in [0.2, 0.25) is 0 Å². The van der Waals surface area contributed by atoms with Crippen LogP contribution in [-0.4, -0.2) is 47.3 Å². The van der Waals surface area contributed by atoms with Crippen LogP contribution in [0, 0.1) is 19.8 Å². The average Bonchev–Trinajstić information content (AvgIpc) is 3.22. The van der Waals surface area contributed by atoms with Gasteiger partial charge in [-0.3, -0.25) is 9.59 Å². The molecular weight excluding hydrogens is 404 g/mol. The van der Waals surface area contributed by atoms with Gasteiger partial charge >= 0.3 is 0 Å². The standard InChI is InChI=1S/C23H27ClN2O4/c1-13-9-14(2)25-22(28)18(13)10-26-7-5-15-3-4-17(21(24)20(15)23(26)29)19(11-27)16-6-8-30-12-16/h3-4,9,16,19,27H,5-8,10-12H2,1-2H3,(H,25,28)/t16-,19+/m1/s1. The van der Waals surface area contributed by atoms with Crippen LogP contribution in [0.5, 0.6) is 0 Å². The highest BCUT2D eigenvalue weighted by Gasteiger charge is 2.33. The SMILES string of the molecule is Cc1cc(C)c(CN2CCc3ccc([C@@H](CO)[C@@H]4CCOC4)c(Cl)c3C2=O)c(=O)[nH]1. The predicted molar refractivity (Wildman–Crippen MR) is 115 cm³/mol. The van der Waals surface area contributed by atoms with Crippen LogP contribution in [0.1, 0.15) is 50.6 Å². The van der Waals surface area contributed by atoms with E-state index < -0.39 is 0 Å². The van der Waals surface area contributed by atoms with E-state index in [4.69, 9.17) is 16.3 Å². The molecule has 2 N–H and O–H groups in total. The molecule has 2 aromatic rings. The highest BCUT2D eigenvalue weighted by atomic mass is 35.5. The zero-order valence-electron chi connectivity index (χ0n) is 17.3. The van der Waals surface area contributed by atoms with Crippen molar-refractivity contribution < 1.29 is 14.6 Å². The Balaban J connectivity index is 1.66. The van der Waals surface area contributed by atoms with Gasteiger partial charge in [-0.15, -0.1) is 0 Å². The van der Waals surface area contributed by atoms with Crippen molar-refractivity contribution in [3.8, 4) is 0 Å².